The number of pyridine rings is 1. The molecule has 4 nitrogen and oxygen atoms in total. The average Bonchev–Trinajstić information content (AvgIpc) is 2.05. The number of rotatable bonds is 3. The molecule has 1 unspecified atom stereocenters. The van der Waals surface area contributed by atoms with E-state index in [0.717, 1.165) is 0 Å². The summed E-state index contributed by atoms with van der Waals surface area (Å²) in [7, 11) is 0. The smallest absolute Gasteiger partial charge is 0.195 e. The van der Waals surface area contributed by atoms with Gasteiger partial charge in [0.25, 0.3) is 0 Å². The van der Waals surface area contributed by atoms with Gasteiger partial charge in [0.15, 0.2) is 16.9 Å². The summed E-state index contributed by atoms with van der Waals surface area (Å²) in [5.74, 6) is -0.812. The molecule has 1 heterocycles. The Kier molecular flexibility index (Phi) is 3.07. The van der Waals surface area contributed by atoms with Crippen molar-refractivity contribution >= 4 is 16.9 Å². The average molecular weight is 185 g/mol. The Balaban J connectivity index is 2.73. The molecule has 0 amide bonds. The van der Waals surface area contributed by atoms with E-state index in [1.807, 2.05) is 0 Å². The van der Waals surface area contributed by atoms with Crippen LogP contribution in [0.4, 0.5) is 0 Å². The summed E-state index contributed by atoms with van der Waals surface area (Å²) in [5, 5.41) is 0. The van der Waals surface area contributed by atoms with Gasteiger partial charge < -0.3 is 4.55 Å². The number of carbonyl (C=O) groups excluding carboxylic acids is 1. The van der Waals surface area contributed by atoms with E-state index >= 15 is 0 Å². The van der Waals surface area contributed by atoms with Crippen molar-refractivity contribution in [2.24, 2.45) is 0 Å². The molecule has 0 aliphatic rings. The Hall–Kier alpha value is -1.07. The second kappa shape index (κ2) is 4.08. The predicted molar refractivity (Wildman–Crippen MR) is 44.2 cm³/mol. The van der Waals surface area contributed by atoms with Crippen LogP contribution in [0.3, 0.4) is 0 Å². The van der Waals surface area contributed by atoms with Crippen molar-refractivity contribution in [2.45, 2.75) is 0 Å². The fourth-order valence-electron chi connectivity index (χ4n) is 0.714. The first kappa shape index (κ1) is 9.02. The number of hydrogen-bond donors (Lipinski definition) is 1. The first-order valence-corrected chi connectivity index (χ1v) is 4.49. The fraction of sp³-hybridized carbons (Fsp3) is 0.143. The highest BCUT2D eigenvalue weighted by molar-refractivity contribution is 7.80. The van der Waals surface area contributed by atoms with Crippen LogP contribution < -0.4 is 0 Å². The lowest BCUT2D eigenvalue weighted by atomic mass is 10.3. The van der Waals surface area contributed by atoms with Crippen molar-refractivity contribution in [1.82, 2.24) is 4.98 Å². The standard InChI is InChI=1S/C7H7NO3S/c9-7(5-12(10)11)6-3-1-2-4-8-6/h1-4H,5H2,(H,10,11). The molecule has 64 valence electrons. The van der Waals surface area contributed by atoms with Gasteiger partial charge in [-0.2, -0.15) is 0 Å². The van der Waals surface area contributed by atoms with E-state index < -0.39 is 22.6 Å². The van der Waals surface area contributed by atoms with Crippen molar-refractivity contribution in [2.75, 3.05) is 5.75 Å². The molecule has 0 saturated carbocycles. The zero-order chi connectivity index (χ0) is 8.97. The minimum atomic E-state index is -2.09. The lowest BCUT2D eigenvalue weighted by Gasteiger charge is -1.94. The van der Waals surface area contributed by atoms with Crippen LogP contribution in [0.1, 0.15) is 10.5 Å². The summed E-state index contributed by atoms with van der Waals surface area (Å²) in [6.07, 6.45) is 1.47. The summed E-state index contributed by atoms with van der Waals surface area (Å²) in [5.41, 5.74) is 0.222. The fourth-order valence-corrected chi connectivity index (χ4v) is 1.09. The quantitative estimate of drug-likeness (QED) is 0.549. The molecular weight excluding hydrogens is 178 g/mol. The van der Waals surface area contributed by atoms with Gasteiger partial charge in [0.05, 0.1) is 0 Å². The molecule has 1 rings (SSSR count). The molecule has 5 heteroatoms. The Morgan fingerprint density at radius 2 is 2.33 bits per heavy atom. The van der Waals surface area contributed by atoms with Crippen LogP contribution in [0.15, 0.2) is 24.4 Å². The Morgan fingerprint density at radius 3 is 2.83 bits per heavy atom. The van der Waals surface area contributed by atoms with E-state index in [0.29, 0.717) is 0 Å². The summed E-state index contributed by atoms with van der Waals surface area (Å²) >= 11 is -2.09. The van der Waals surface area contributed by atoms with E-state index in [2.05, 4.69) is 4.98 Å². The molecule has 1 N–H and O–H groups in total. The molecule has 1 atom stereocenters. The van der Waals surface area contributed by atoms with Crippen LogP contribution >= 0.6 is 0 Å². The first-order chi connectivity index (χ1) is 5.70. The monoisotopic (exact) mass is 185 g/mol. The summed E-state index contributed by atoms with van der Waals surface area (Å²) in [6, 6.07) is 4.84. The van der Waals surface area contributed by atoms with Gasteiger partial charge in [0.1, 0.15) is 11.4 Å². The Morgan fingerprint density at radius 1 is 1.58 bits per heavy atom. The minimum absolute atomic E-state index is 0.222. The molecule has 12 heavy (non-hydrogen) atoms. The Bertz CT molecular complexity index is 299. The van der Waals surface area contributed by atoms with E-state index in [1.54, 1.807) is 12.1 Å². The molecule has 0 aliphatic heterocycles. The van der Waals surface area contributed by atoms with Gasteiger partial charge in [-0.25, -0.2) is 4.21 Å². The lowest BCUT2D eigenvalue weighted by molar-refractivity contribution is 0.101. The SMILES string of the molecule is O=C(CS(=O)O)c1ccccn1. The maximum Gasteiger partial charge on any atom is 0.195 e. The van der Waals surface area contributed by atoms with E-state index in [1.165, 1.54) is 12.3 Å². The third kappa shape index (κ3) is 2.52. The van der Waals surface area contributed by atoms with Crippen LogP contribution in [-0.2, 0) is 11.1 Å². The van der Waals surface area contributed by atoms with Crippen LogP contribution in [0.5, 0.6) is 0 Å². The number of hydrogen-bond acceptors (Lipinski definition) is 3. The number of carbonyl (C=O) groups is 1. The molecule has 0 saturated heterocycles. The van der Waals surface area contributed by atoms with Gasteiger partial charge in [-0.3, -0.25) is 9.78 Å². The number of ketones is 1. The number of aromatic nitrogens is 1. The highest BCUT2D eigenvalue weighted by atomic mass is 32.2. The predicted octanol–water partition coefficient (Wildman–Crippen LogP) is 0.486. The molecule has 0 aromatic carbocycles. The maximum atomic E-state index is 11.0. The van der Waals surface area contributed by atoms with Gasteiger partial charge in [-0.15, -0.1) is 0 Å². The largest absolute Gasteiger partial charge is 0.306 e. The molecule has 0 aliphatic carbocycles. The molecular formula is C7H7NO3S. The molecule has 1 aromatic rings. The highest BCUT2D eigenvalue weighted by Crippen LogP contribution is 1.95. The molecule has 1 aromatic heterocycles. The van der Waals surface area contributed by atoms with Crippen LogP contribution in [0.2, 0.25) is 0 Å². The normalized spacial score (nSPS) is 12.4. The van der Waals surface area contributed by atoms with Crippen LogP contribution in [0, 0.1) is 0 Å². The molecule has 0 radical (unpaired) electrons. The zero-order valence-electron chi connectivity index (χ0n) is 6.14. The first-order valence-electron chi connectivity index (χ1n) is 3.22. The number of Topliss-reactive ketones (excluding diaryl/α,β-unsaturated/α-hetero) is 1. The van der Waals surface area contributed by atoms with Crippen molar-refractivity contribution in [3.8, 4) is 0 Å². The van der Waals surface area contributed by atoms with E-state index in [4.69, 9.17) is 4.55 Å². The van der Waals surface area contributed by atoms with Gasteiger partial charge in [-0.1, -0.05) is 6.07 Å². The Labute approximate surface area is 71.9 Å². The van der Waals surface area contributed by atoms with Crippen molar-refractivity contribution in [3.05, 3.63) is 30.1 Å². The highest BCUT2D eigenvalue weighted by Gasteiger charge is 2.08. The van der Waals surface area contributed by atoms with Crippen molar-refractivity contribution < 1.29 is 13.6 Å². The second-order valence-electron chi connectivity index (χ2n) is 2.10. The maximum absolute atomic E-state index is 11.0. The van der Waals surface area contributed by atoms with Gasteiger partial charge in [-0.05, 0) is 12.1 Å². The lowest BCUT2D eigenvalue weighted by Crippen LogP contribution is -2.11. The molecule has 0 spiro atoms. The third-order valence-electron chi connectivity index (χ3n) is 1.21. The van der Waals surface area contributed by atoms with Crippen molar-refractivity contribution in [1.29, 1.82) is 0 Å². The number of nitrogens with zero attached hydrogens (tertiary/aromatic N) is 1. The van der Waals surface area contributed by atoms with Gasteiger partial charge in [0, 0.05) is 6.20 Å². The topological polar surface area (TPSA) is 67.3 Å². The zero-order valence-corrected chi connectivity index (χ0v) is 6.95. The van der Waals surface area contributed by atoms with Crippen LogP contribution in [-0.4, -0.2) is 25.3 Å². The summed E-state index contributed by atoms with van der Waals surface area (Å²) in [6.45, 7) is 0. The van der Waals surface area contributed by atoms with Gasteiger partial charge >= 0.3 is 0 Å². The van der Waals surface area contributed by atoms with Crippen molar-refractivity contribution in [3.63, 3.8) is 0 Å². The minimum Gasteiger partial charge on any atom is -0.306 e. The van der Waals surface area contributed by atoms with E-state index in [9.17, 15) is 9.00 Å². The summed E-state index contributed by atoms with van der Waals surface area (Å²) < 4.78 is 18.7. The van der Waals surface area contributed by atoms with Crippen LogP contribution in [0.25, 0.3) is 0 Å². The summed E-state index contributed by atoms with van der Waals surface area (Å²) in [4.78, 5) is 14.8. The molecule has 0 bridgehead atoms. The van der Waals surface area contributed by atoms with E-state index in [-0.39, 0.29) is 5.69 Å². The third-order valence-corrected chi connectivity index (χ3v) is 1.71. The second-order valence-corrected chi connectivity index (χ2v) is 3.04. The van der Waals surface area contributed by atoms with Gasteiger partial charge in [0.2, 0.25) is 0 Å². The molecule has 0 fully saturated rings.